The van der Waals surface area contributed by atoms with E-state index in [2.05, 4.69) is 40.4 Å². The largest absolute Gasteiger partial charge is 0.310 e. The van der Waals surface area contributed by atoms with Gasteiger partial charge < -0.3 is 5.32 Å². The summed E-state index contributed by atoms with van der Waals surface area (Å²) in [5, 5.41) is 3.49. The van der Waals surface area contributed by atoms with Crippen LogP contribution in [-0.4, -0.2) is 16.5 Å². The zero-order valence-electron chi connectivity index (χ0n) is 10.0. The normalized spacial score (nSPS) is 12.3. The summed E-state index contributed by atoms with van der Waals surface area (Å²) in [6, 6.07) is 8.52. The van der Waals surface area contributed by atoms with E-state index in [4.69, 9.17) is 0 Å². The fourth-order valence-electron chi connectivity index (χ4n) is 1.89. The summed E-state index contributed by atoms with van der Waals surface area (Å²) >= 11 is 0. The molecule has 0 aliphatic rings. The Morgan fingerprint density at radius 2 is 1.94 bits per heavy atom. The second kappa shape index (κ2) is 6.11. The second-order valence-electron chi connectivity index (χ2n) is 3.96. The third kappa shape index (κ3) is 3.36. The van der Waals surface area contributed by atoms with Crippen LogP contribution in [0.25, 0.3) is 0 Å². The summed E-state index contributed by atoms with van der Waals surface area (Å²) in [7, 11) is 0. The number of nitrogens with zero attached hydrogens (tertiary/aromatic N) is 2. The molecule has 17 heavy (non-hydrogen) atoms. The van der Waals surface area contributed by atoms with Gasteiger partial charge in [-0.25, -0.2) is 0 Å². The molecule has 0 aromatic carbocycles. The minimum Gasteiger partial charge on any atom is -0.310 e. The topological polar surface area (TPSA) is 37.8 Å². The molecule has 0 aliphatic heterocycles. The lowest BCUT2D eigenvalue weighted by Crippen LogP contribution is -2.23. The molecule has 88 valence electrons. The zero-order chi connectivity index (χ0) is 11.9. The first-order chi connectivity index (χ1) is 8.40. The molecule has 1 atom stereocenters. The third-order valence-electron chi connectivity index (χ3n) is 2.73. The molecule has 0 aliphatic carbocycles. The van der Waals surface area contributed by atoms with Gasteiger partial charge in [0.2, 0.25) is 0 Å². The van der Waals surface area contributed by atoms with Crippen LogP contribution in [0, 0.1) is 0 Å². The molecule has 1 N–H and O–H groups in total. The minimum atomic E-state index is 0.316. The fraction of sp³-hybridized carbons (Fsp3) is 0.286. The highest BCUT2D eigenvalue weighted by Crippen LogP contribution is 2.16. The Labute approximate surface area is 102 Å². The Kier molecular flexibility index (Phi) is 4.22. The molecular formula is C14H17N3. The zero-order valence-corrected chi connectivity index (χ0v) is 10.0. The van der Waals surface area contributed by atoms with Crippen molar-refractivity contribution in [3.63, 3.8) is 0 Å². The maximum atomic E-state index is 4.18. The summed E-state index contributed by atoms with van der Waals surface area (Å²) in [6.07, 6.45) is 8.36. The van der Waals surface area contributed by atoms with Crippen molar-refractivity contribution in [3.05, 3.63) is 60.2 Å². The quantitative estimate of drug-likeness (QED) is 0.852. The van der Waals surface area contributed by atoms with Crippen molar-refractivity contribution in [3.8, 4) is 0 Å². The molecule has 2 rings (SSSR count). The summed E-state index contributed by atoms with van der Waals surface area (Å²) in [5.41, 5.74) is 2.51. The first-order valence-electron chi connectivity index (χ1n) is 5.92. The predicted octanol–water partition coefficient (Wildman–Crippen LogP) is 2.37. The number of hydrogen-bond acceptors (Lipinski definition) is 3. The van der Waals surface area contributed by atoms with Gasteiger partial charge in [0.05, 0.1) is 0 Å². The molecule has 2 aromatic heterocycles. The van der Waals surface area contributed by atoms with E-state index < -0.39 is 0 Å². The molecule has 0 amide bonds. The second-order valence-corrected chi connectivity index (χ2v) is 3.96. The number of pyridine rings is 2. The first-order valence-corrected chi connectivity index (χ1v) is 5.92. The molecule has 0 saturated carbocycles. The Bertz CT molecular complexity index is 428. The van der Waals surface area contributed by atoms with Crippen LogP contribution >= 0.6 is 0 Å². The molecule has 0 radical (unpaired) electrons. The molecule has 1 unspecified atom stereocenters. The summed E-state index contributed by atoms with van der Waals surface area (Å²) < 4.78 is 0. The van der Waals surface area contributed by atoms with Crippen molar-refractivity contribution >= 4 is 0 Å². The molecule has 0 saturated heterocycles. The lowest BCUT2D eigenvalue weighted by atomic mass is 10.0. The Morgan fingerprint density at radius 1 is 1.12 bits per heavy atom. The number of hydrogen-bond donors (Lipinski definition) is 1. The predicted molar refractivity (Wildman–Crippen MR) is 68.6 cm³/mol. The van der Waals surface area contributed by atoms with Crippen LogP contribution in [0.15, 0.2) is 49.1 Å². The van der Waals surface area contributed by atoms with Gasteiger partial charge in [0.15, 0.2) is 0 Å². The van der Waals surface area contributed by atoms with E-state index in [0.29, 0.717) is 6.04 Å². The average molecular weight is 227 g/mol. The van der Waals surface area contributed by atoms with Crippen molar-refractivity contribution in [1.29, 1.82) is 0 Å². The number of likely N-dealkylation sites (N-methyl/N-ethyl adjacent to an activating group) is 1. The van der Waals surface area contributed by atoms with Gasteiger partial charge in [-0.05, 0) is 42.3 Å². The maximum absolute atomic E-state index is 4.18. The highest BCUT2D eigenvalue weighted by Gasteiger charge is 2.10. The first kappa shape index (κ1) is 11.7. The van der Waals surface area contributed by atoms with E-state index in [1.807, 2.05) is 24.7 Å². The average Bonchev–Trinajstić information content (AvgIpc) is 2.40. The van der Waals surface area contributed by atoms with Gasteiger partial charge in [0, 0.05) is 30.8 Å². The van der Waals surface area contributed by atoms with Crippen LogP contribution in [-0.2, 0) is 6.42 Å². The molecule has 3 heteroatoms. The number of nitrogens with one attached hydrogen (secondary N) is 1. The van der Waals surface area contributed by atoms with Crippen LogP contribution in [0.1, 0.15) is 24.1 Å². The van der Waals surface area contributed by atoms with Crippen molar-refractivity contribution in [2.75, 3.05) is 6.54 Å². The van der Waals surface area contributed by atoms with Crippen molar-refractivity contribution in [2.45, 2.75) is 19.4 Å². The van der Waals surface area contributed by atoms with Crippen LogP contribution in [0.3, 0.4) is 0 Å². The van der Waals surface area contributed by atoms with Crippen molar-refractivity contribution in [2.24, 2.45) is 0 Å². The summed E-state index contributed by atoms with van der Waals surface area (Å²) in [4.78, 5) is 8.22. The van der Waals surface area contributed by atoms with Gasteiger partial charge >= 0.3 is 0 Å². The smallest absolute Gasteiger partial charge is 0.0376 e. The Balaban J connectivity index is 2.13. The highest BCUT2D eigenvalue weighted by molar-refractivity contribution is 5.19. The van der Waals surface area contributed by atoms with E-state index in [-0.39, 0.29) is 0 Å². The number of rotatable bonds is 5. The Hall–Kier alpha value is -1.74. The summed E-state index contributed by atoms with van der Waals surface area (Å²) in [5.74, 6) is 0. The van der Waals surface area contributed by atoms with Gasteiger partial charge in [-0.1, -0.05) is 13.0 Å². The van der Waals surface area contributed by atoms with E-state index >= 15 is 0 Å². The minimum absolute atomic E-state index is 0.316. The fourth-order valence-corrected chi connectivity index (χ4v) is 1.89. The molecule has 0 spiro atoms. The highest BCUT2D eigenvalue weighted by atomic mass is 14.9. The van der Waals surface area contributed by atoms with E-state index in [1.54, 1.807) is 6.20 Å². The van der Waals surface area contributed by atoms with Crippen LogP contribution in [0.5, 0.6) is 0 Å². The van der Waals surface area contributed by atoms with Crippen LogP contribution < -0.4 is 5.32 Å². The van der Waals surface area contributed by atoms with Gasteiger partial charge in [0.1, 0.15) is 0 Å². The number of aromatic nitrogens is 2. The lowest BCUT2D eigenvalue weighted by molar-refractivity contribution is 0.548. The Morgan fingerprint density at radius 3 is 2.59 bits per heavy atom. The molecule has 0 fully saturated rings. The molecule has 0 bridgehead atoms. The molecule has 2 heterocycles. The van der Waals surface area contributed by atoms with Crippen LogP contribution in [0.2, 0.25) is 0 Å². The monoisotopic (exact) mass is 227 g/mol. The van der Waals surface area contributed by atoms with Crippen molar-refractivity contribution < 1.29 is 0 Å². The molecule has 2 aromatic rings. The molecular weight excluding hydrogens is 210 g/mol. The van der Waals surface area contributed by atoms with E-state index in [9.17, 15) is 0 Å². The van der Waals surface area contributed by atoms with Gasteiger partial charge in [-0.2, -0.15) is 0 Å². The molecule has 3 nitrogen and oxygen atoms in total. The van der Waals surface area contributed by atoms with Crippen LogP contribution in [0.4, 0.5) is 0 Å². The third-order valence-corrected chi connectivity index (χ3v) is 2.73. The van der Waals surface area contributed by atoms with Crippen molar-refractivity contribution in [1.82, 2.24) is 15.3 Å². The standard InChI is InChI=1S/C14H17N3/c1-2-17-14(13-4-3-7-16-11-13)10-12-5-8-15-9-6-12/h3-9,11,14,17H,2,10H2,1H3. The van der Waals surface area contributed by atoms with Gasteiger partial charge in [-0.3, -0.25) is 9.97 Å². The SMILES string of the molecule is CCNC(Cc1ccncc1)c1cccnc1. The van der Waals surface area contributed by atoms with Gasteiger partial charge in [-0.15, -0.1) is 0 Å². The van der Waals surface area contributed by atoms with E-state index in [0.717, 1.165) is 13.0 Å². The summed E-state index contributed by atoms with van der Waals surface area (Å²) in [6.45, 7) is 3.07. The van der Waals surface area contributed by atoms with Gasteiger partial charge in [0.25, 0.3) is 0 Å². The maximum Gasteiger partial charge on any atom is 0.0376 e. The lowest BCUT2D eigenvalue weighted by Gasteiger charge is -2.17. The van der Waals surface area contributed by atoms with E-state index in [1.165, 1.54) is 11.1 Å².